The molecule has 1 heterocycles. The quantitative estimate of drug-likeness (QED) is 0.865. The van der Waals surface area contributed by atoms with Crippen molar-refractivity contribution in [3.05, 3.63) is 45.3 Å². The van der Waals surface area contributed by atoms with Gasteiger partial charge in [0.1, 0.15) is 11.6 Å². The Hall–Kier alpha value is -1.76. The summed E-state index contributed by atoms with van der Waals surface area (Å²) in [7, 11) is 0. The Labute approximate surface area is 134 Å². The summed E-state index contributed by atoms with van der Waals surface area (Å²) in [5.74, 6) is -0.999. The van der Waals surface area contributed by atoms with Crippen LogP contribution in [-0.2, 0) is 12.8 Å². The molecule has 1 atom stereocenters. The van der Waals surface area contributed by atoms with Crippen LogP contribution >= 0.6 is 15.9 Å². The number of carbonyl (C=O) groups is 1. The number of benzene rings is 1. The molecular formula is C15H13BrF2N2O2. The van der Waals surface area contributed by atoms with E-state index in [-0.39, 0.29) is 15.9 Å². The molecule has 116 valence electrons. The standard InChI is InChI=1S/C15H13BrF2N2O2/c1-7-2-3-12-9(4-7)13(20-22-12)15(21)19-14-10(16)5-8(17)6-11(14)18/h5-7H,2-4H2,1H3,(H,19,21)/t7-/m1/s1. The fraction of sp³-hybridized carbons (Fsp3) is 0.333. The Morgan fingerprint density at radius 3 is 2.95 bits per heavy atom. The topological polar surface area (TPSA) is 55.1 Å². The minimum Gasteiger partial charge on any atom is -0.360 e. The van der Waals surface area contributed by atoms with Crippen molar-refractivity contribution in [2.75, 3.05) is 5.32 Å². The first-order valence-electron chi connectivity index (χ1n) is 6.89. The zero-order valence-electron chi connectivity index (χ0n) is 11.8. The summed E-state index contributed by atoms with van der Waals surface area (Å²) in [6.07, 6.45) is 2.43. The lowest BCUT2D eigenvalue weighted by molar-refractivity contribution is 0.101. The summed E-state index contributed by atoms with van der Waals surface area (Å²) in [5.41, 5.74) is 0.819. The van der Waals surface area contributed by atoms with Gasteiger partial charge in [-0.15, -0.1) is 0 Å². The summed E-state index contributed by atoms with van der Waals surface area (Å²) in [6, 6.07) is 1.79. The second-order valence-corrected chi connectivity index (χ2v) is 6.33. The number of hydrogen-bond donors (Lipinski definition) is 1. The van der Waals surface area contributed by atoms with Crippen molar-refractivity contribution in [2.45, 2.75) is 26.2 Å². The molecular weight excluding hydrogens is 358 g/mol. The first kappa shape index (κ1) is 15.1. The maximum Gasteiger partial charge on any atom is 0.278 e. The van der Waals surface area contributed by atoms with Gasteiger partial charge < -0.3 is 9.84 Å². The molecule has 3 rings (SSSR count). The lowest BCUT2D eigenvalue weighted by atomic mass is 9.88. The number of carbonyl (C=O) groups excluding carboxylic acids is 1. The highest BCUT2D eigenvalue weighted by Gasteiger charge is 2.27. The third-order valence-electron chi connectivity index (χ3n) is 3.75. The van der Waals surface area contributed by atoms with Crippen LogP contribution in [0.3, 0.4) is 0 Å². The molecule has 22 heavy (non-hydrogen) atoms. The van der Waals surface area contributed by atoms with Gasteiger partial charge in [-0.05, 0) is 40.8 Å². The number of aromatic nitrogens is 1. The van der Waals surface area contributed by atoms with E-state index >= 15 is 0 Å². The van der Waals surface area contributed by atoms with Crippen molar-refractivity contribution >= 4 is 27.5 Å². The molecule has 1 N–H and O–H groups in total. The van der Waals surface area contributed by atoms with Crippen LogP contribution < -0.4 is 5.32 Å². The highest BCUT2D eigenvalue weighted by atomic mass is 79.9. The minimum atomic E-state index is -0.856. The smallest absolute Gasteiger partial charge is 0.278 e. The zero-order chi connectivity index (χ0) is 15.9. The summed E-state index contributed by atoms with van der Waals surface area (Å²) < 4.78 is 32.2. The van der Waals surface area contributed by atoms with E-state index in [4.69, 9.17) is 4.52 Å². The maximum absolute atomic E-state index is 13.8. The monoisotopic (exact) mass is 370 g/mol. The largest absolute Gasteiger partial charge is 0.360 e. The van der Waals surface area contributed by atoms with Gasteiger partial charge in [0.05, 0.1) is 5.69 Å². The summed E-state index contributed by atoms with van der Waals surface area (Å²) in [5, 5.41) is 6.23. The molecule has 1 aliphatic rings. The number of rotatable bonds is 2. The predicted molar refractivity (Wildman–Crippen MR) is 79.7 cm³/mol. The van der Waals surface area contributed by atoms with Gasteiger partial charge >= 0.3 is 0 Å². The van der Waals surface area contributed by atoms with Gasteiger partial charge in [-0.1, -0.05) is 12.1 Å². The van der Waals surface area contributed by atoms with Gasteiger partial charge in [0.15, 0.2) is 11.5 Å². The fourth-order valence-corrected chi connectivity index (χ4v) is 3.10. The van der Waals surface area contributed by atoms with Crippen molar-refractivity contribution in [3.63, 3.8) is 0 Å². The van der Waals surface area contributed by atoms with Crippen LogP contribution in [0.2, 0.25) is 0 Å². The van der Waals surface area contributed by atoms with E-state index < -0.39 is 17.5 Å². The first-order valence-corrected chi connectivity index (χ1v) is 7.68. The molecule has 1 aromatic carbocycles. The summed E-state index contributed by atoms with van der Waals surface area (Å²) in [6.45, 7) is 2.09. The first-order chi connectivity index (χ1) is 10.5. The molecule has 1 aliphatic carbocycles. The SMILES string of the molecule is C[C@@H]1CCc2onc(C(=O)Nc3c(F)cc(F)cc3Br)c2C1. The summed E-state index contributed by atoms with van der Waals surface area (Å²) in [4.78, 5) is 12.3. The van der Waals surface area contributed by atoms with Gasteiger partial charge in [-0.2, -0.15) is 0 Å². The molecule has 0 spiro atoms. The van der Waals surface area contributed by atoms with Crippen LogP contribution in [0.15, 0.2) is 21.1 Å². The minimum absolute atomic E-state index is 0.119. The van der Waals surface area contributed by atoms with Gasteiger partial charge in [0.2, 0.25) is 0 Å². The normalized spacial score (nSPS) is 17.2. The van der Waals surface area contributed by atoms with Gasteiger partial charge in [-0.25, -0.2) is 8.78 Å². The highest BCUT2D eigenvalue weighted by molar-refractivity contribution is 9.10. The molecule has 0 unspecified atom stereocenters. The van der Waals surface area contributed by atoms with Crippen LogP contribution in [0.4, 0.5) is 14.5 Å². The second kappa shape index (κ2) is 5.79. The molecule has 2 aromatic rings. The van der Waals surface area contributed by atoms with E-state index in [2.05, 4.69) is 33.3 Å². The number of nitrogens with one attached hydrogen (secondary N) is 1. The highest BCUT2D eigenvalue weighted by Crippen LogP contribution is 2.30. The Balaban J connectivity index is 1.89. The maximum atomic E-state index is 13.8. The Kier molecular flexibility index (Phi) is 3.99. The third-order valence-corrected chi connectivity index (χ3v) is 4.37. The number of fused-ring (bicyclic) bond motifs is 1. The van der Waals surface area contributed by atoms with Crippen LogP contribution in [0.25, 0.3) is 0 Å². The van der Waals surface area contributed by atoms with Crippen LogP contribution in [0, 0.1) is 17.6 Å². The number of amides is 1. The second-order valence-electron chi connectivity index (χ2n) is 5.48. The van der Waals surface area contributed by atoms with E-state index in [1.54, 1.807) is 0 Å². The summed E-state index contributed by atoms with van der Waals surface area (Å²) >= 11 is 3.04. The molecule has 1 amide bonds. The number of hydrogen-bond acceptors (Lipinski definition) is 3. The zero-order valence-corrected chi connectivity index (χ0v) is 13.3. The lowest BCUT2D eigenvalue weighted by Crippen LogP contribution is -2.18. The Morgan fingerprint density at radius 2 is 2.23 bits per heavy atom. The average molecular weight is 371 g/mol. The Bertz CT molecular complexity index is 722. The molecule has 0 radical (unpaired) electrons. The van der Waals surface area contributed by atoms with Crippen LogP contribution in [0.5, 0.6) is 0 Å². The van der Waals surface area contributed by atoms with Gasteiger partial charge in [-0.3, -0.25) is 4.79 Å². The van der Waals surface area contributed by atoms with Crippen molar-refractivity contribution in [2.24, 2.45) is 5.92 Å². The van der Waals surface area contributed by atoms with Crippen molar-refractivity contribution < 1.29 is 18.1 Å². The van der Waals surface area contributed by atoms with E-state index in [1.807, 2.05) is 0 Å². The van der Waals surface area contributed by atoms with E-state index in [9.17, 15) is 13.6 Å². The third kappa shape index (κ3) is 2.77. The van der Waals surface area contributed by atoms with E-state index in [0.717, 1.165) is 24.5 Å². The number of aryl methyl sites for hydroxylation is 1. The molecule has 0 fully saturated rings. The fourth-order valence-electron chi connectivity index (χ4n) is 2.59. The van der Waals surface area contributed by atoms with Crippen LogP contribution in [0.1, 0.15) is 35.2 Å². The number of halogens is 3. The van der Waals surface area contributed by atoms with Crippen molar-refractivity contribution in [1.29, 1.82) is 0 Å². The number of nitrogens with zero attached hydrogens (tertiary/aromatic N) is 1. The molecule has 4 nitrogen and oxygen atoms in total. The molecule has 0 saturated heterocycles. The molecule has 0 saturated carbocycles. The molecule has 0 bridgehead atoms. The van der Waals surface area contributed by atoms with Crippen LogP contribution in [-0.4, -0.2) is 11.1 Å². The van der Waals surface area contributed by atoms with Gasteiger partial charge in [0.25, 0.3) is 5.91 Å². The van der Waals surface area contributed by atoms with Crippen molar-refractivity contribution in [1.82, 2.24) is 5.16 Å². The Morgan fingerprint density at radius 1 is 1.45 bits per heavy atom. The van der Waals surface area contributed by atoms with E-state index in [0.29, 0.717) is 24.2 Å². The van der Waals surface area contributed by atoms with Gasteiger partial charge in [0, 0.05) is 22.5 Å². The predicted octanol–water partition coefficient (Wildman–Crippen LogP) is 4.09. The number of anilines is 1. The van der Waals surface area contributed by atoms with E-state index in [1.165, 1.54) is 0 Å². The molecule has 0 aliphatic heterocycles. The molecule has 1 aromatic heterocycles. The molecule has 7 heteroatoms. The lowest BCUT2D eigenvalue weighted by Gasteiger charge is -2.16. The van der Waals surface area contributed by atoms with Crippen molar-refractivity contribution in [3.8, 4) is 0 Å². The average Bonchev–Trinajstić information content (AvgIpc) is 2.85.